The van der Waals surface area contributed by atoms with Crippen molar-refractivity contribution in [1.29, 1.82) is 0 Å². The summed E-state index contributed by atoms with van der Waals surface area (Å²) in [6.07, 6.45) is 0.209. The number of carboxylic acid groups (broad SMARTS) is 1. The lowest BCUT2D eigenvalue weighted by Gasteiger charge is -2.46. The quantitative estimate of drug-likeness (QED) is 0.842. The Morgan fingerprint density at radius 3 is 2.76 bits per heavy atom. The third-order valence-corrected chi connectivity index (χ3v) is 3.88. The Balaban J connectivity index is 1.62. The van der Waals surface area contributed by atoms with Gasteiger partial charge >= 0.3 is 6.09 Å². The topological polar surface area (TPSA) is 43.8 Å². The van der Waals surface area contributed by atoms with Crippen LogP contribution in [0, 0.1) is 0 Å². The summed E-state index contributed by atoms with van der Waals surface area (Å²) in [6.45, 7) is 2.51. The number of rotatable bonds is 2. The molecule has 1 amide bonds. The minimum Gasteiger partial charge on any atom is -0.465 e. The van der Waals surface area contributed by atoms with Crippen molar-refractivity contribution in [2.24, 2.45) is 0 Å². The van der Waals surface area contributed by atoms with Crippen LogP contribution in [0.5, 0.6) is 0 Å². The van der Waals surface area contributed by atoms with Crippen molar-refractivity contribution in [2.45, 2.75) is 25.0 Å². The van der Waals surface area contributed by atoms with Crippen LogP contribution in [0.4, 0.5) is 4.79 Å². The average molecular weight is 232 g/mol. The highest BCUT2D eigenvalue weighted by Gasteiger charge is 2.48. The van der Waals surface area contributed by atoms with Crippen LogP contribution in [0.3, 0.4) is 0 Å². The molecule has 0 aliphatic carbocycles. The largest absolute Gasteiger partial charge is 0.465 e. The van der Waals surface area contributed by atoms with Gasteiger partial charge < -0.3 is 10.0 Å². The number of hydrogen-bond acceptors (Lipinski definition) is 2. The van der Waals surface area contributed by atoms with E-state index in [0.717, 1.165) is 19.5 Å². The number of fused-ring (bicyclic) bond motifs is 1. The molecule has 90 valence electrons. The number of carbonyl (C=O) groups is 1. The van der Waals surface area contributed by atoms with Gasteiger partial charge in [-0.2, -0.15) is 0 Å². The van der Waals surface area contributed by atoms with Crippen LogP contribution in [-0.2, 0) is 6.54 Å². The van der Waals surface area contributed by atoms with Crippen molar-refractivity contribution in [1.82, 2.24) is 9.80 Å². The number of amides is 1. The van der Waals surface area contributed by atoms with Crippen molar-refractivity contribution in [3.8, 4) is 0 Å². The molecule has 4 heteroatoms. The Kier molecular flexibility index (Phi) is 2.52. The van der Waals surface area contributed by atoms with Crippen LogP contribution in [0.25, 0.3) is 0 Å². The predicted octanol–water partition coefficient (Wildman–Crippen LogP) is 1.62. The lowest BCUT2D eigenvalue weighted by Crippen LogP contribution is -2.61. The Morgan fingerprint density at radius 1 is 1.29 bits per heavy atom. The molecule has 2 fully saturated rings. The van der Waals surface area contributed by atoms with E-state index in [1.165, 1.54) is 5.56 Å². The van der Waals surface area contributed by atoms with Gasteiger partial charge in [0.15, 0.2) is 0 Å². The van der Waals surface area contributed by atoms with E-state index in [4.69, 9.17) is 5.11 Å². The van der Waals surface area contributed by atoms with Crippen molar-refractivity contribution in [3.05, 3.63) is 35.9 Å². The average Bonchev–Trinajstić information content (AvgIpc) is 2.65. The predicted molar refractivity (Wildman–Crippen MR) is 63.8 cm³/mol. The molecule has 1 unspecified atom stereocenters. The molecular formula is C13H16N2O2. The molecule has 2 heterocycles. The first-order valence-electron chi connectivity index (χ1n) is 6.03. The summed E-state index contributed by atoms with van der Waals surface area (Å²) in [5.41, 5.74) is 1.31. The minimum absolute atomic E-state index is 0.233. The SMILES string of the molecule is O=C(O)N1CC[C@@H]2C1CN2Cc1ccccc1. The second-order valence-electron chi connectivity index (χ2n) is 4.81. The van der Waals surface area contributed by atoms with Crippen molar-refractivity contribution in [2.75, 3.05) is 13.1 Å². The molecular weight excluding hydrogens is 216 g/mol. The smallest absolute Gasteiger partial charge is 0.407 e. The van der Waals surface area contributed by atoms with Gasteiger partial charge in [-0.3, -0.25) is 4.90 Å². The van der Waals surface area contributed by atoms with Crippen LogP contribution in [0.1, 0.15) is 12.0 Å². The van der Waals surface area contributed by atoms with Crippen molar-refractivity contribution in [3.63, 3.8) is 0 Å². The summed E-state index contributed by atoms with van der Waals surface area (Å²) in [6, 6.07) is 11.0. The summed E-state index contributed by atoms with van der Waals surface area (Å²) in [4.78, 5) is 14.9. The highest BCUT2D eigenvalue weighted by Crippen LogP contribution is 2.33. The maximum atomic E-state index is 11.0. The molecule has 2 saturated heterocycles. The van der Waals surface area contributed by atoms with E-state index in [1.54, 1.807) is 4.90 Å². The zero-order valence-electron chi connectivity index (χ0n) is 9.62. The van der Waals surface area contributed by atoms with Gasteiger partial charge in [0.1, 0.15) is 0 Å². The zero-order chi connectivity index (χ0) is 11.8. The zero-order valence-corrected chi connectivity index (χ0v) is 9.62. The summed E-state index contributed by atoms with van der Waals surface area (Å²) in [7, 11) is 0. The second kappa shape index (κ2) is 4.04. The number of nitrogens with zero attached hydrogens (tertiary/aromatic N) is 2. The molecule has 1 N–H and O–H groups in total. The Hall–Kier alpha value is -1.55. The molecule has 17 heavy (non-hydrogen) atoms. The normalized spacial score (nSPS) is 27.6. The van der Waals surface area contributed by atoms with Gasteiger partial charge in [-0.15, -0.1) is 0 Å². The van der Waals surface area contributed by atoms with Crippen molar-refractivity contribution < 1.29 is 9.90 Å². The summed E-state index contributed by atoms with van der Waals surface area (Å²) >= 11 is 0. The van der Waals surface area contributed by atoms with Gasteiger partial charge in [-0.1, -0.05) is 30.3 Å². The molecule has 1 aromatic rings. The van der Waals surface area contributed by atoms with Gasteiger partial charge in [0.2, 0.25) is 0 Å². The van der Waals surface area contributed by atoms with Crippen LogP contribution in [-0.4, -0.2) is 46.2 Å². The van der Waals surface area contributed by atoms with Crippen LogP contribution in [0.15, 0.2) is 30.3 Å². The van der Waals surface area contributed by atoms with E-state index in [9.17, 15) is 4.79 Å². The first-order valence-corrected chi connectivity index (χ1v) is 6.03. The maximum absolute atomic E-state index is 11.0. The van der Waals surface area contributed by atoms with E-state index in [1.807, 2.05) is 18.2 Å². The lowest BCUT2D eigenvalue weighted by molar-refractivity contribution is 0.0195. The van der Waals surface area contributed by atoms with Gasteiger partial charge in [-0.25, -0.2) is 4.79 Å². The number of hydrogen-bond donors (Lipinski definition) is 1. The molecule has 0 spiro atoms. The van der Waals surface area contributed by atoms with Crippen LogP contribution >= 0.6 is 0 Å². The lowest BCUT2D eigenvalue weighted by atomic mass is 9.96. The van der Waals surface area contributed by atoms with Gasteiger partial charge in [0.25, 0.3) is 0 Å². The molecule has 0 aromatic heterocycles. The monoisotopic (exact) mass is 232 g/mol. The highest BCUT2D eigenvalue weighted by atomic mass is 16.4. The Bertz CT molecular complexity index is 421. The summed E-state index contributed by atoms with van der Waals surface area (Å²) in [5.74, 6) is 0. The van der Waals surface area contributed by atoms with Crippen LogP contribution in [0.2, 0.25) is 0 Å². The highest BCUT2D eigenvalue weighted by molar-refractivity contribution is 5.66. The molecule has 1 aromatic carbocycles. The van der Waals surface area contributed by atoms with Gasteiger partial charge in [-0.05, 0) is 12.0 Å². The van der Waals surface area contributed by atoms with Gasteiger partial charge in [0.05, 0.1) is 6.04 Å². The van der Waals surface area contributed by atoms with E-state index in [0.29, 0.717) is 12.6 Å². The van der Waals surface area contributed by atoms with Crippen LogP contribution < -0.4 is 0 Å². The first-order chi connectivity index (χ1) is 8.25. The maximum Gasteiger partial charge on any atom is 0.407 e. The fraction of sp³-hybridized carbons (Fsp3) is 0.462. The number of likely N-dealkylation sites (tertiary alicyclic amines) is 2. The number of benzene rings is 1. The Morgan fingerprint density at radius 2 is 2.06 bits per heavy atom. The third-order valence-electron chi connectivity index (χ3n) is 3.88. The molecule has 2 aliphatic heterocycles. The minimum atomic E-state index is -0.767. The molecule has 2 aliphatic rings. The van der Waals surface area contributed by atoms with E-state index in [-0.39, 0.29) is 6.04 Å². The first kappa shape index (κ1) is 10.6. The molecule has 4 nitrogen and oxygen atoms in total. The third kappa shape index (κ3) is 1.78. The molecule has 2 atom stereocenters. The van der Waals surface area contributed by atoms with E-state index >= 15 is 0 Å². The van der Waals surface area contributed by atoms with Gasteiger partial charge in [0, 0.05) is 25.7 Å². The molecule has 3 rings (SSSR count). The van der Waals surface area contributed by atoms with E-state index in [2.05, 4.69) is 17.0 Å². The fourth-order valence-corrected chi connectivity index (χ4v) is 2.96. The Labute approximate surface area is 100 Å². The summed E-state index contributed by atoms with van der Waals surface area (Å²) < 4.78 is 0. The van der Waals surface area contributed by atoms with Crippen molar-refractivity contribution >= 4 is 6.09 Å². The molecule has 0 saturated carbocycles. The second-order valence-corrected chi connectivity index (χ2v) is 4.81. The van der Waals surface area contributed by atoms with E-state index < -0.39 is 6.09 Å². The fourth-order valence-electron chi connectivity index (χ4n) is 2.96. The molecule has 0 radical (unpaired) electrons. The summed E-state index contributed by atoms with van der Waals surface area (Å²) in [5, 5.41) is 9.02. The standard InChI is InChI=1S/C13H16N2O2/c16-13(17)15-7-6-11-12(15)9-14(11)8-10-4-2-1-3-5-10/h1-5,11-12H,6-9H2,(H,16,17)/t11-,12?/m1/s1. The molecule has 0 bridgehead atoms.